The van der Waals surface area contributed by atoms with Crippen LogP contribution >= 0.6 is 0 Å². The monoisotopic (exact) mass is 259 g/mol. The van der Waals surface area contributed by atoms with Crippen LogP contribution < -0.4 is 14.8 Å². The van der Waals surface area contributed by atoms with E-state index in [2.05, 4.69) is 14.9 Å². The maximum atomic E-state index is 5.31. The van der Waals surface area contributed by atoms with Crippen LogP contribution in [0.1, 0.15) is 11.6 Å². The highest BCUT2D eigenvalue weighted by Gasteiger charge is 2.23. The summed E-state index contributed by atoms with van der Waals surface area (Å²) in [6, 6.07) is 5.84. The highest BCUT2D eigenvalue weighted by molar-refractivity contribution is 5.47. The highest BCUT2D eigenvalue weighted by atomic mass is 16.5. The summed E-state index contributed by atoms with van der Waals surface area (Å²) in [6.45, 7) is 2.01. The first-order chi connectivity index (χ1) is 9.31. The minimum atomic E-state index is 0.527. The molecule has 0 unspecified atom stereocenters. The van der Waals surface area contributed by atoms with Crippen molar-refractivity contribution in [2.75, 3.05) is 27.3 Å². The SMILES string of the molecule is COc1cc(OC)cc(-n2cncc2C2CNC2)c1. The number of aromatic nitrogens is 2. The Hall–Kier alpha value is -2.01. The van der Waals surface area contributed by atoms with Crippen molar-refractivity contribution in [1.82, 2.24) is 14.9 Å². The molecule has 1 N–H and O–H groups in total. The zero-order valence-electron chi connectivity index (χ0n) is 11.1. The van der Waals surface area contributed by atoms with Crippen LogP contribution in [0.5, 0.6) is 11.5 Å². The van der Waals surface area contributed by atoms with Gasteiger partial charge in [0.25, 0.3) is 0 Å². The second kappa shape index (κ2) is 4.93. The van der Waals surface area contributed by atoms with Gasteiger partial charge >= 0.3 is 0 Å². The molecule has 100 valence electrons. The molecular weight excluding hydrogens is 242 g/mol. The van der Waals surface area contributed by atoms with Gasteiger partial charge in [-0.3, -0.25) is 0 Å². The number of methoxy groups -OCH3 is 2. The van der Waals surface area contributed by atoms with E-state index in [-0.39, 0.29) is 0 Å². The van der Waals surface area contributed by atoms with Gasteiger partial charge in [-0.1, -0.05) is 0 Å². The molecule has 3 rings (SSSR count). The number of nitrogens with one attached hydrogen (secondary N) is 1. The Morgan fingerprint density at radius 3 is 2.37 bits per heavy atom. The van der Waals surface area contributed by atoms with Gasteiger partial charge in [0.05, 0.1) is 26.2 Å². The third-order valence-corrected chi connectivity index (χ3v) is 3.48. The number of hydrogen-bond acceptors (Lipinski definition) is 4. The summed E-state index contributed by atoms with van der Waals surface area (Å²) in [5, 5.41) is 3.28. The molecule has 1 aromatic carbocycles. The number of ether oxygens (including phenoxy) is 2. The molecule has 0 bridgehead atoms. The van der Waals surface area contributed by atoms with Crippen LogP contribution in [0.3, 0.4) is 0 Å². The first-order valence-corrected chi connectivity index (χ1v) is 6.28. The lowest BCUT2D eigenvalue weighted by molar-refractivity contribution is 0.393. The fourth-order valence-electron chi connectivity index (χ4n) is 2.25. The van der Waals surface area contributed by atoms with Gasteiger partial charge in [-0.15, -0.1) is 0 Å². The first-order valence-electron chi connectivity index (χ1n) is 6.28. The van der Waals surface area contributed by atoms with Crippen LogP contribution in [0, 0.1) is 0 Å². The van der Waals surface area contributed by atoms with Crippen molar-refractivity contribution in [2.24, 2.45) is 0 Å². The molecule has 2 heterocycles. The van der Waals surface area contributed by atoms with Crippen LogP contribution in [0.2, 0.25) is 0 Å². The first kappa shape index (κ1) is 12.0. The summed E-state index contributed by atoms with van der Waals surface area (Å²) >= 11 is 0. The number of benzene rings is 1. The Morgan fingerprint density at radius 2 is 1.84 bits per heavy atom. The average Bonchev–Trinajstić information content (AvgIpc) is 2.85. The molecule has 1 aromatic heterocycles. The summed E-state index contributed by atoms with van der Waals surface area (Å²) in [6.07, 6.45) is 3.76. The van der Waals surface area contributed by atoms with E-state index in [9.17, 15) is 0 Å². The largest absolute Gasteiger partial charge is 0.497 e. The molecule has 0 radical (unpaired) electrons. The fraction of sp³-hybridized carbons (Fsp3) is 0.357. The molecule has 19 heavy (non-hydrogen) atoms. The van der Waals surface area contributed by atoms with Gasteiger partial charge in [-0.05, 0) is 0 Å². The molecule has 1 saturated heterocycles. The Bertz CT molecular complexity index is 554. The molecule has 2 aromatic rings. The normalized spacial score (nSPS) is 15.1. The van der Waals surface area contributed by atoms with Gasteiger partial charge in [-0.25, -0.2) is 4.98 Å². The Kier molecular flexibility index (Phi) is 3.13. The number of rotatable bonds is 4. The third-order valence-electron chi connectivity index (χ3n) is 3.48. The smallest absolute Gasteiger partial charge is 0.124 e. The zero-order valence-corrected chi connectivity index (χ0v) is 11.1. The molecule has 0 spiro atoms. The van der Waals surface area contributed by atoms with E-state index in [0.717, 1.165) is 30.3 Å². The van der Waals surface area contributed by atoms with Crippen LogP contribution in [-0.4, -0.2) is 36.9 Å². The third kappa shape index (κ3) is 2.17. The van der Waals surface area contributed by atoms with Gasteiger partial charge in [0.15, 0.2) is 0 Å². The Labute approximate surface area is 112 Å². The molecule has 0 aliphatic carbocycles. The van der Waals surface area contributed by atoms with Crippen molar-refractivity contribution in [3.63, 3.8) is 0 Å². The lowest BCUT2D eigenvalue weighted by atomic mass is 10.00. The van der Waals surface area contributed by atoms with E-state index >= 15 is 0 Å². The molecule has 1 fully saturated rings. The lowest BCUT2D eigenvalue weighted by Crippen LogP contribution is -2.40. The summed E-state index contributed by atoms with van der Waals surface area (Å²) in [5.41, 5.74) is 2.23. The van der Waals surface area contributed by atoms with Gasteiger partial charge in [-0.2, -0.15) is 0 Å². The van der Waals surface area contributed by atoms with Crippen molar-refractivity contribution in [2.45, 2.75) is 5.92 Å². The van der Waals surface area contributed by atoms with E-state index in [4.69, 9.17) is 9.47 Å². The van der Waals surface area contributed by atoms with Crippen LogP contribution in [0.4, 0.5) is 0 Å². The van der Waals surface area contributed by atoms with Crippen molar-refractivity contribution in [3.8, 4) is 17.2 Å². The number of hydrogen-bond donors (Lipinski definition) is 1. The molecule has 0 atom stereocenters. The maximum absolute atomic E-state index is 5.31. The van der Waals surface area contributed by atoms with E-state index in [1.54, 1.807) is 14.2 Å². The Morgan fingerprint density at radius 1 is 1.16 bits per heavy atom. The molecular formula is C14H17N3O2. The van der Waals surface area contributed by atoms with Crippen molar-refractivity contribution in [1.29, 1.82) is 0 Å². The fourth-order valence-corrected chi connectivity index (χ4v) is 2.25. The van der Waals surface area contributed by atoms with E-state index in [0.29, 0.717) is 5.92 Å². The van der Waals surface area contributed by atoms with Crippen molar-refractivity contribution < 1.29 is 9.47 Å². The average molecular weight is 259 g/mol. The van der Waals surface area contributed by atoms with Crippen LogP contribution in [0.25, 0.3) is 5.69 Å². The van der Waals surface area contributed by atoms with Crippen molar-refractivity contribution >= 4 is 0 Å². The molecule has 1 aliphatic heterocycles. The van der Waals surface area contributed by atoms with Gasteiger partial charge < -0.3 is 19.4 Å². The van der Waals surface area contributed by atoms with Crippen LogP contribution in [0.15, 0.2) is 30.7 Å². The molecule has 0 saturated carbocycles. The molecule has 5 nitrogen and oxygen atoms in total. The van der Waals surface area contributed by atoms with E-state index in [1.165, 1.54) is 5.69 Å². The standard InChI is InChI=1S/C14H17N3O2/c1-18-12-3-11(4-13(5-12)19-2)17-9-16-8-14(17)10-6-15-7-10/h3-5,8-10,15H,6-7H2,1-2H3. The summed E-state index contributed by atoms with van der Waals surface area (Å²) in [7, 11) is 3.31. The number of nitrogens with zero attached hydrogens (tertiary/aromatic N) is 2. The predicted octanol–water partition coefficient (Wildman–Crippen LogP) is 1.58. The molecule has 1 aliphatic rings. The van der Waals surface area contributed by atoms with Crippen LogP contribution in [-0.2, 0) is 0 Å². The second-order valence-corrected chi connectivity index (χ2v) is 4.61. The molecule has 0 amide bonds. The van der Waals surface area contributed by atoms with Crippen molar-refractivity contribution in [3.05, 3.63) is 36.4 Å². The summed E-state index contributed by atoms with van der Waals surface area (Å²) < 4.78 is 12.7. The molecule has 5 heteroatoms. The summed E-state index contributed by atoms with van der Waals surface area (Å²) in [5.74, 6) is 2.08. The maximum Gasteiger partial charge on any atom is 0.124 e. The summed E-state index contributed by atoms with van der Waals surface area (Å²) in [4.78, 5) is 4.27. The van der Waals surface area contributed by atoms with Gasteiger partial charge in [0, 0.05) is 49.1 Å². The Balaban J connectivity index is 2.03. The topological polar surface area (TPSA) is 48.3 Å². The second-order valence-electron chi connectivity index (χ2n) is 4.61. The van der Waals surface area contributed by atoms with Gasteiger partial charge in [0.1, 0.15) is 11.5 Å². The predicted molar refractivity (Wildman–Crippen MR) is 72.3 cm³/mol. The minimum absolute atomic E-state index is 0.527. The highest BCUT2D eigenvalue weighted by Crippen LogP contribution is 2.28. The minimum Gasteiger partial charge on any atom is -0.497 e. The quantitative estimate of drug-likeness (QED) is 0.905. The van der Waals surface area contributed by atoms with E-state index in [1.807, 2.05) is 30.7 Å². The number of imidazole rings is 1. The zero-order chi connectivity index (χ0) is 13.2. The van der Waals surface area contributed by atoms with Gasteiger partial charge in [0.2, 0.25) is 0 Å². The van der Waals surface area contributed by atoms with E-state index < -0.39 is 0 Å². The lowest BCUT2D eigenvalue weighted by Gasteiger charge is -2.28.